The molecular weight excluding hydrogens is 406 g/mol. The van der Waals surface area contributed by atoms with Crippen molar-refractivity contribution < 1.29 is 14.4 Å². The van der Waals surface area contributed by atoms with Gasteiger partial charge in [-0.15, -0.1) is 0 Å². The summed E-state index contributed by atoms with van der Waals surface area (Å²) in [5.74, 6) is -0.875. The van der Waals surface area contributed by atoms with E-state index in [1.807, 2.05) is 66.5 Å². The molecule has 8 nitrogen and oxygen atoms in total. The first-order valence-corrected chi connectivity index (χ1v) is 11.1. The van der Waals surface area contributed by atoms with Gasteiger partial charge >= 0.3 is 17.8 Å². The minimum atomic E-state index is -0.457. The summed E-state index contributed by atoms with van der Waals surface area (Å²) < 4.78 is 0. The maximum atomic E-state index is 12.9. The van der Waals surface area contributed by atoms with Gasteiger partial charge in [0, 0.05) is 52.0 Å². The standard InChI is InChI=1S/C24H29N5O3/c1-26(19-9-3-2-4-10-19)21-12-6-5-11-20(21)25-24(32)29-17-15-28(16-18-29)23(31)22(30)27-13-7-8-14-27/h2-6,9-12H,7-8,13-18H2,1H3,(H,25,32). The van der Waals surface area contributed by atoms with Crippen molar-refractivity contribution in [1.82, 2.24) is 14.7 Å². The minimum absolute atomic E-state index is 0.211. The summed E-state index contributed by atoms with van der Waals surface area (Å²) in [6.07, 6.45) is 1.90. The van der Waals surface area contributed by atoms with Crippen LogP contribution < -0.4 is 10.2 Å². The number of carbonyl (C=O) groups is 3. The normalized spacial score (nSPS) is 16.1. The molecule has 0 aromatic heterocycles. The van der Waals surface area contributed by atoms with E-state index < -0.39 is 11.8 Å². The summed E-state index contributed by atoms with van der Waals surface area (Å²) in [4.78, 5) is 44.7. The van der Waals surface area contributed by atoms with Gasteiger partial charge < -0.3 is 24.9 Å². The summed E-state index contributed by atoms with van der Waals surface area (Å²) >= 11 is 0. The molecule has 4 rings (SSSR count). The Morgan fingerprint density at radius 3 is 1.91 bits per heavy atom. The van der Waals surface area contributed by atoms with Gasteiger partial charge in [0.1, 0.15) is 0 Å². The third kappa shape index (κ3) is 4.69. The summed E-state index contributed by atoms with van der Waals surface area (Å²) in [6, 6.07) is 17.4. The molecule has 0 aliphatic carbocycles. The van der Waals surface area contributed by atoms with E-state index in [0.717, 1.165) is 24.2 Å². The Bertz CT molecular complexity index is 967. The van der Waals surface area contributed by atoms with Gasteiger partial charge in [-0.1, -0.05) is 30.3 Å². The number of likely N-dealkylation sites (tertiary alicyclic amines) is 1. The van der Waals surface area contributed by atoms with Crippen LogP contribution >= 0.6 is 0 Å². The first kappa shape index (κ1) is 21.7. The number of anilines is 3. The SMILES string of the molecule is CN(c1ccccc1)c1ccccc1NC(=O)N1CCN(C(=O)C(=O)N2CCCC2)CC1. The summed E-state index contributed by atoms with van der Waals surface area (Å²) in [6.45, 7) is 2.81. The van der Waals surface area contributed by atoms with E-state index in [4.69, 9.17) is 0 Å². The number of benzene rings is 2. The number of hydrogen-bond donors (Lipinski definition) is 1. The molecule has 4 amide bonds. The molecule has 2 aromatic rings. The van der Waals surface area contributed by atoms with Crippen molar-refractivity contribution in [2.45, 2.75) is 12.8 Å². The zero-order chi connectivity index (χ0) is 22.5. The second-order valence-electron chi connectivity index (χ2n) is 8.12. The fourth-order valence-electron chi connectivity index (χ4n) is 4.16. The number of nitrogens with zero attached hydrogens (tertiary/aromatic N) is 4. The molecule has 0 atom stereocenters. The zero-order valence-corrected chi connectivity index (χ0v) is 18.4. The molecule has 2 aliphatic heterocycles. The van der Waals surface area contributed by atoms with Crippen LogP contribution in [-0.2, 0) is 9.59 Å². The predicted molar refractivity (Wildman–Crippen MR) is 124 cm³/mol. The Morgan fingerprint density at radius 2 is 1.25 bits per heavy atom. The monoisotopic (exact) mass is 435 g/mol. The second kappa shape index (κ2) is 9.72. The average molecular weight is 436 g/mol. The van der Waals surface area contributed by atoms with Crippen LogP contribution in [0.2, 0.25) is 0 Å². The predicted octanol–water partition coefficient (Wildman–Crippen LogP) is 2.75. The maximum absolute atomic E-state index is 12.9. The number of rotatable bonds is 3. The Labute approximate surface area is 188 Å². The van der Waals surface area contributed by atoms with Crippen molar-refractivity contribution >= 4 is 34.9 Å². The molecule has 2 heterocycles. The largest absolute Gasteiger partial charge is 0.343 e. The third-order valence-corrected chi connectivity index (χ3v) is 6.08. The summed E-state index contributed by atoms with van der Waals surface area (Å²) in [5.41, 5.74) is 2.62. The highest BCUT2D eigenvalue weighted by Crippen LogP contribution is 2.30. The maximum Gasteiger partial charge on any atom is 0.322 e. The molecule has 0 unspecified atom stereocenters. The Hall–Kier alpha value is -3.55. The van der Waals surface area contributed by atoms with Crippen molar-refractivity contribution in [1.29, 1.82) is 0 Å². The van der Waals surface area contributed by atoms with E-state index >= 15 is 0 Å². The van der Waals surface area contributed by atoms with Gasteiger partial charge in [-0.2, -0.15) is 0 Å². The number of urea groups is 1. The number of carbonyl (C=O) groups excluding carboxylic acids is 3. The fraction of sp³-hybridized carbons (Fsp3) is 0.375. The number of para-hydroxylation sites is 3. The molecule has 168 valence electrons. The van der Waals surface area contributed by atoms with Crippen molar-refractivity contribution in [2.24, 2.45) is 0 Å². The highest BCUT2D eigenvalue weighted by Gasteiger charge is 2.31. The van der Waals surface area contributed by atoms with Gasteiger partial charge in [-0.25, -0.2) is 4.79 Å². The van der Waals surface area contributed by atoms with E-state index in [9.17, 15) is 14.4 Å². The molecule has 0 spiro atoms. The van der Waals surface area contributed by atoms with E-state index in [-0.39, 0.29) is 6.03 Å². The van der Waals surface area contributed by atoms with E-state index in [1.165, 1.54) is 0 Å². The molecule has 1 N–H and O–H groups in total. The van der Waals surface area contributed by atoms with Crippen LogP contribution in [0, 0.1) is 0 Å². The molecule has 2 saturated heterocycles. The minimum Gasteiger partial charge on any atom is -0.343 e. The van der Waals surface area contributed by atoms with Crippen LogP contribution in [0.4, 0.5) is 21.9 Å². The smallest absolute Gasteiger partial charge is 0.322 e. The van der Waals surface area contributed by atoms with Crippen LogP contribution in [0.1, 0.15) is 12.8 Å². The fourth-order valence-corrected chi connectivity index (χ4v) is 4.16. The van der Waals surface area contributed by atoms with Gasteiger partial charge in [0.2, 0.25) is 0 Å². The van der Waals surface area contributed by atoms with Gasteiger partial charge in [-0.05, 0) is 37.1 Å². The Morgan fingerprint density at radius 1 is 0.719 bits per heavy atom. The lowest BCUT2D eigenvalue weighted by Crippen LogP contribution is -2.54. The lowest BCUT2D eigenvalue weighted by atomic mass is 10.2. The number of nitrogens with one attached hydrogen (secondary N) is 1. The summed E-state index contributed by atoms with van der Waals surface area (Å²) in [7, 11) is 1.96. The van der Waals surface area contributed by atoms with Crippen molar-refractivity contribution in [3.05, 3.63) is 54.6 Å². The Balaban J connectivity index is 1.36. The lowest BCUT2D eigenvalue weighted by Gasteiger charge is -2.35. The van der Waals surface area contributed by atoms with Crippen LogP contribution in [-0.4, -0.2) is 78.9 Å². The topological polar surface area (TPSA) is 76.2 Å². The van der Waals surface area contributed by atoms with Crippen molar-refractivity contribution in [3.63, 3.8) is 0 Å². The quantitative estimate of drug-likeness (QED) is 0.753. The first-order chi connectivity index (χ1) is 15.5. The molecular formula is C24H29N5O3. The van der Waals surface area contributed by atoms with Gasteiger partial charge in [0.25, 0.3) is 0 Å². The lowest BCUT2D eigenvalue weighted by molar-refractivity contribution is -0.152. The second-order valence-corrected chi connectivity index (χ2v) is 8.12. The Kier molecular flexibility index (Phi) is 6.58. The molecule has 2 aliphatic rings. The molecule has 2 fully saturated rings. The van der Waals surface area contributed by atoms with Crippen LogP contribution in [0.5, 0.6) is 0 Å². The molecule has 0 bridgehead atoms. The van der Waals surface area contributed by atoms with Gasteiger partial charge in [-0.3, -0.25) is 9.59 Å². The molecule has 8 heteroatoms. The number of piperazine rings is 1. The summed E-state index contributed by atoms with van der Waals surface area (Å²) in [5, 5.41) is 3.01. The number of hydrogen-bond acceptors (Lipinski definition) is 4. The zero-order valence-electron chi connectivity index (χ0n) is 18.4. The van der Waals surface area contributed by atoms with Crippen LogP contribution in [0.25, 0.3) is 0 Å². The van der Waals surface area contributed by atoms with E-state index in [2.05, 4.69) is 5.32 Å². The highest BCUT2D eigenvalue weighted by molar-refractivity contribution is 6.35. The van der Waals surface area contributed by atoms with Crippen molar-refractivity contribution in [3.8, 4) is 0 Å². The highest BCUT2D eigenvalue weighted by atomic mass is 16.2. The average Bonchev–Trinajstić information content (AvgIpc) is 3.39. The van der Waals surface area contributed by atoms with Crippen LogP contribution in [0.3, 0.4) is 0 Å². The van der Waals surface area contributed by atoms with E-state index in [1.54, 1.807) is 14.7 Å². The molecule has 2 aromatic carbocycles. The van der Waals surface area contributed by atoms with Crippen LogP contribution in [0.15, 0.2) is 54.6 Å². The molecule has 0 saturated carbocycles. The number of amides is 4. The molecule has 32 heavy (non-hydrogen) atoms. The van der Waals surface area contributed by atoms with E-state index in [0.29, 0.717) is 45.0 Å². The van der Waals surface area contributed by atoms with Crippen molar-refractivity contribution in [2.75, 3.05) is 56.5 Å². The van der Waals surface area contributed by atoms with Gasteiger partial charge in [0.15, 0.2) is 0 Å². The third-order valence-electron chi connectivity index (χ3n) is 6.08. The van der Waals surface area contributed by atoms with Gasteiger partial charge in [0.05, 0.1) is 11.4 Å². The molecule has 0 radical (unpaired) electrons. The first-order valence-electron chi connectivity index (χ1n) is 11.1.